The van der Waals surface area contributed by atoms with Crippen molar-refractivity contribution in [2.24, 2.45) is 5.92 Å². The molecule has 1 amide bonds. The van der Waals surface area contributed by atoms with Crippen molar-refractivity contribution in [3.63, 3.8) is 0 Å². The average molecular weight is 291 g/mol. The van der Waals surface area contributed by atoms with Crippen LogP contribution in [0.3, 0.4) is 0 Å². The summed E-state index contributed by atoms with van der Waals surface area (Å²) in [5.74, 6) is 1.43. The van der Waals surface area contributed by atoms with Gasteiger partial charge in [0.25, 0.3) is 0 Å². The quantitative estimate of drug-likeness (QED) is 0.800. The molecule has 2 unspecified atom stereocenters. The summed E-state index contributed by atoms with van der Waals surface area (Å²) in [5.41, 5.74) is 1.03. The van der Waals surface area contributed by atoms with Crippen LogP contribution in [0.5, 0.6) is 5.75 Å². The summed E-state index contributed by atoms with van der Waals surface area (Å²) in [7, 11) is 0. The predicted molar refractivity (Wildman–Crippen MR) is 82.3 cm³/mol. The van der Waals surface area contributed by atoms with Crippen LogP contribution in [0.25, 0.3) is 0 Å². The summed E-state index contributed by atoms with van der Waals surface area (Å²) in [4.78, 5) is 12.1. The Hall–Kier alpha value is -1.55. The van der Waals surface area contributed by atoms with Crippen molar-refractivity contribution in [2.45, 2.75) is 45.8 Å². The maximum atomic E-state index is 12.1. The highest BCUT2D eigenvalue weighted by atomic mass is 16.5. The number of ether oxygens (including phenoxy) is 2. The van der Waals surface area contributed by atoms with Gasteiger partial charge in [0.1, 0.15) is 11.9 Å². The zero-order chi connectivity index (χ0) is 15.2. The lowest BCUT2D eigenvalue weighted by molar-refractivity contribution is -0.132. The lowest BCUT2D eigenvalue weighted by atomic mass is 10.1. The summed E-state index contributed by atoms with van der Waals surface area (Å²) in [5, 5.41) is 2.99. The van der Waals surface area contributed by atoms with Crippen molar-refractivity contribution in [2.75, 3.05) is 13.2 Å². The summed E-state index contributed by atoms with van der Waals surface area (Å²) >= 11 is 0. The predicted octanol–water partition coefficient (Wildman–Crippen LogP) is 3.08. The maximum absolute atomic E-state index is 12.1. The lowest BCUT2D eigenvalue weighted by Gasteiger charge is -2.19. The first-order valence-corrected chi connectivity index (χ1v) is 7.75. The standard InChI is InChI=1S/C17H25NO3/c1-4-20-16-7-5-6-15(10-16)12(2)18-17(19)13(3)21-11-14-8-9-14/h5-7,10,12-14H,4,8-9,11H2,1-3H3,(H,18,19). The van der Waals surface area contributed by atoms with Gasteiger partial charge in [-0.2, -0.15) is 0 Å². The third kappa shape index (κ3) is 5.05. The van der Waals surface area contributed by atoms with Crippen molar-refractivity contribution in [3.05, 3.63) is 29.8 Å². The van der Waals surface area contributed by atoms with Gasteiger partial charge in [0.15, 0.2) is 0 Å². The minimum atomic E-state index is -0.400. The molecule has 116 valence electrons. The largest absolute Gasteiger partial charge is 0.494 e. The number of carbonyl (C=O) groups excluding carboxylic acids is 1. The molecule has 1 fully saturated rings. The summed E-state index contributed by atoms with van der Waals surface area (Å²) in [6.45, 7) is 7.06. The number of hydrogen-bond donors (Lipinski definition) is 1. The first-order valence-electron chi connectivity index (χ1n) is 7.75. The SMILES string of the molecule is CCOc1cccc(C(C)NC(=O)C(C)OCC2CC2)c1. The second-order valence-corrected chi connectivity index (χ2v) is 5.65. The molecule has 0 aromatic heterocycles. The second-order valence-electron chi connectivity index (χ2n) is 5.65. The lowest BCUT2D eigenvalue weighted by Crippen LogP contribution is -2.36. The van der Waals surface area contributed by atoms with E-state index in [1.54, 1.807) is 6.92 Å². The molecule has 0 aliphatic heterocycles. The summed E-state index contributed by atoms with van der Waals surface area (Å²) in [6, 6.07) is 7.75. The molecule has 0 saturated heterocycles. The molecule has 1 aliphatic rings. The molecule has 1 aromatic carbocycles. The van der Waals surface area contributed by atoms with E-state index in [1.165, 1.54) is 12.8 Å². The minimum Gasteiger partial charge on any atom is -0.494 e. The van der Waals surface area contributed by atoms with Gasteiger partial charge >= 0.3 is 0 Å². The number of carbonyl (C=O) groups is 1. The van der Waals surface area contributed by atoms with Gasteiger partial charge in [-0.15, -0.1) is 0 Å². The molecule has 0 bridgehead atoms. The Morgan fingerprint density at radius 2 is 2.14 bits per heavy atom. The van der Waals surface area contributed by atoms with Crippen molar-refractivity contribution in [1.82, 2.24) is 5.32 Å². The van der Waals surface area contributed by atoms with E-state index in [1.807, 2.05) is 38.1 Å². The van der Waals surface area contributed by atoms with Crippen LogP contribution in [0.2, 0.25) is 0 Å². The van der Waals surface area contributed by atoms with Gasteiger partial charge in [0, 0.05) is 0 Å². The Labute approximate surface area is 126 Å². The average Bonchev–Trinajstić information content (AvgIpc) is 3.29. The van der Waals surface area contributed by atoms with Crippen molar-refractivity contribution < 1.29 is 14.3 Å². The number of rotatable bonds is 8. The van der Waals surface area contributed by atoms with Crippen LogP contribution >= 0.6 is 0 Å². The van der Waals surface area contributed by atoms with Crippen LogP contribution in [0.15, 0.2) is 24.3 Å². The molecule has 1 aromatic rings. The van der Waals surface area contributed by atoms with Crippen LogP contribution in [-0.4, -0.2) is 25.2 Å². The molecule has 4 heteroatoms. The molecule has 1 N–H and O–H groups in total. The Morgan fingerprint density at radius 1 is 1.38 bits per heavy atom. The van der Waals surface area contributed by atoms with Crippen molar-refractivity contribution in [3.8, 4) is 5.75 Å². The van der Waals surface area contributed by atoms with Gasteiger partial charge in [-0.3, -0.25) is 4.79 Å². The topological polar surface area (TPSA) is 47.6 Å². The van der Waals surface area contributed by atoms with Gasteiger partial charge in [-0.1, -0.05) is 12.1 Å². The first kappa shape index (κ1) is 15.8. The van der Waals surface area contributed by atoms with E-state index >= 15 is 0 Å². The molecule has 2 atom stereocenters. The third-order valence-electron chi connectivity index (χ3n) is 3.68. The van der Waals surface area contributed by atoms with Crippen LogP contribution in [0, 0.1) is 5.92 Å². The molecule has 0 radical (unpaired) electrons. The highest BCUT2D eigenvalue weighted by Crippen LogP contribution is 2.29. The Kier molecular flexibility index (Phi) is 5.62. The fraction of sp³-hybridized carbons (Fsp3) is 0.588. The molecule has 21 heavy (non-hydrogen) atoms. The van der Waals surface area contributed by atoms with Gasteiger partial charge < -0.3 is 14.8 Å². The zero-order valence-corrected chi connectivity index (χ0v) is 13.1. The highest BCUT2D eigenvalue weighted by molar-refractivity contribution is 5.80. The minimum absolute atomic E-state index is 0.0648. The highest BCUT2D eigenvalue weighted by Gasteiger charge is 2.24. The van der Waals surface area contributed by atoms with Crippen LogP contribution in [0.4, 0.5) is 0 Å². The van der Waals surface area contributed by atoms with Crippen LogP contribution < -0.4 is 10.1 Å². The van der Waals surface area contributed by atoms with E-state index < -0.39 is 6.10 Å². The molecule has 2 rings (SSSR count). The molecule has 4 nitrogen and oxygen atoms in total. The molecular formula is C17H25NO3. The van der Waals surface area contributed by atoms with Crippen LogP contribution in [0.1, 0.15) is 45.2 Å². The molecule has 0 heterocycles. The Balaban J connectivity index is 1.85. The number of nitrogens with one attached hydrogen (secondary N) is 1. The van der Waals surface area contributed by atoms with Crippen molar-refractivity contribution in [1.29, 1.82) is 0 Å². The molecule has 1 saturated carbocycles. The second kappa shape index (κ2) is 7.46. The monoisotopic (exact) mass is 291 g/mol. The van der Waals surface area contributed by atoms with E-state index in [-0.39, 0.29) is 11.9 Å². The van der Waals surface area contributed by atoms with E-state index in [9.17, 15) is 4.79 Å². The van der Waals surface area contributed by atoms with Gasteiger partial charge in [-0.05, 0) is 57.2 Å². The Bertz CT molecular complexity index is 471. The van der Waals surface area contributed by atoms with Crippen molar-refractivity contribution >= 4 is 5.91 Å². The summed E-state index contributed by atoms with van der Waals surface area (Å²) < 4.78 is 11.1. The van der Waals surface area contributed by atoms with E-state index in [0.29, 0.717) is 19.1 Å². The summed E-state index contributed by atoms with van der Waals surface area (Å²) in [6.07, 6.45) is 2.06. The van der Waals surface area contributed by atoms with Crippen LogP contribution in [-0.2, 0) is 9.53 Å². The number of hydrogen-bond acceptors (Lipinski definition) is 3. The molecular weight excluding hydrogens is 266 g/mol. The fourth-order valence-corrected chi connectivity index (χ4v) is 2.10. The fourth-order valence-electron chi connectivity index (χ4n) is 2.10. The Morgan fingerprint density at radius 3 is 2.81 bits per heavy atom. The molecule has 0 spiro atoms. The third-order valence-corrected chi connectivity index (χ3v) is 3.68. The number of amides is 1. The first-order chi connectivity index (χ1) is 10.1. The van der Waals surface area contributed by atoms with Gasteiger partial charge in [0.2, 0.25) is 5.91 Å². The maximum Gasteiger partial charge on any atom is 0.249 e. The van der Waals surface area contributed by atoms with Gasteiger partial charge in [0.05, 0.1) is 19.3 Å². The normalized spacial score (nSPS) is 17.1. The molecule has 1 aliphatic carbocycles. The smallest absolute Gasteiger partial charge is 0.249 e. The van der Waals surface area contributed by atoms with E-state index in [4.69, 9.17) is 9.47 Å². The van der Waals surface area contributed by atoms with E-state index in [0.717, 1.165) is 11.3 Å². The van der Waals surface area contributed by atoms with Gasteiger partial charge in [-0.25, -0.2) is 0 Å². The van der Waals surface area contributed by atoms with E-state index in [2.05, 4.69) is 5.32 Å². The number of benzene rings is 1. The zero-order valence-electron chi connectivity index (χ0n) is 13.1.